The molecule has 0 atom stereocenters. The van der Waals surface area contributed by atoms with Gasteiger partial charge in [-0.15, -0.1) is 0 Å². The van der Waals surface area contributed by atoms with E-state index in [0.717, 1.165) is 0 Å². The molecule has 0 aromatic heterocycles. The molecule has 0 saturated heterocycles. The molecule has 2 amide bonds. The lowest BCUT2D eigenvalue weighted by atomic mass is 10.0. The zero-order valence-electron chi connectivity index (χ0n) is 15.0. The van der Waals surface area contributed by atoms with E-state index in [1.54, 1.807) is 7.05 Å². The van der Waals surface area contributed by atoms with Crippen molar-refractivity contribution in [2.24, 2.45) is 5.41 Å². The van der Waals surface area contributed by atoms with Crippen LogP contribution < -0.4 is 10.2 Å². The third-order valence-electron chi connectivity index (χ3n) is 4.68. The van der Waals surface area contributed by atoms with Crippen molar-refractivity contribution in [1.29, 1.82) is 0 Å². The number of amides is 2. The Balaban J connectivity index is 1.80. The summed E-state index contributed by atoms with van der Waals surface area (Å²) in [6, 6.07) is 13.6. The molecule has 1 aliphatic carbocycles. The summed E-state index contributed by atoms with van der Waals surface area (Å²) >= 11 is 6.13. The Labute approximate surface area is 162 Å². The summed E-state index contributed by atoms with van der Waals surface area (Å²) in [5.74, 6) is -1.24. The van der Waals surface area contributed by atoms with Gasteiger partial charge in [0.25, 0.3) is 0 Å². The van der Waals surface area contributed by atoms with Crippen molar-refractivity contribution in [3.8, 4) is 0 Å². The van der Waals surface area contributed by atoms with Crippen LogP contribution in [0.3, 0.4) is 0 Å². The largest absolute Gasteiger partial charge is 0.465 e. The van der Waals surface area contributed by atoms with Gasteiger partial charge in [0.2, 0.25) is 11.8 Å². The van der Waals surface area contributed by atoms with Gasteiger partial charge >= 0.3 is 5.97 Å². The minimum Gasteiger partial charge on any atom is -0.465 e. The number of hydrogen-bond donors (Lipinski definition) is 1. The van der Waals surface area contributed by atoms with E-state index in [4.69, 9.17) is 11.6 Å². The summed E-state index contributed by atoms with van der Waals surface area (Å²) in [4.78, 5) is 38.9. The van der Waals surface area contributed by atoms with Crippen molar-refractivity contribution in [3.05, 3.63) is 59.1 Å². The third-order valence-corrected chi connectivity index (χ3v) is 5.01. The van der Waals surface area contributed by atoms with Gasteiger partial charge in [-0.05, 0) is 43.2 Å². The van der Waals surface area contributed by atoms with Crippen LogP contribution in [-0.2, 0) is 14.3 Å². The number of esters is 1. The Hall–Kier alpha value is -2.86. The Morgan fingerprint density at radius 1 is 1.11 bits per heavy atom. The van der Waals surface area contributed by atoms with E-state index in [0.29, 0.717) is 18.5 Å². The standard InChI is InChI=1S/C20H19ClN2O4/c1-23(14-6-4-3-5-7-14)19(26)20(10-11-20)18(25)22-16-12-13(17(24)27-2)8-9-15(16)21/h3-9,12H,10-11H2,1-2H3,(H,22,25). The van der Waals surface area contributed by atoms with Gasteiger partial charge in [-0.1, -0.05) is 29.8 Å². The van der Waals surface area contributed by atoms with Crippen molar-refractivity contribution in [1.82, 2.24) is 0 Å². The molecule has 1 saturated carbocycles. The minimum absolute atomic E-state index is 0.259. The van der Waals surface area contributed by atoms with Crippen molar-refractivity contribution < 1.29 is 19.1 Å². The van der Waals surface area contributed by atoms with Crippen molar-refractivity contribution in [3.63, 3.8) is 0 Å². The topological polar surface area (TPSA) is 75.7 Å². The normalized spacial score (nSPS) is 14.2. The highest BCUT2D eigenvalue weighted by atomic mass is 35.5. The van der Waals surface area contributed by atoms with Gasteiger partial charge in [0, 0.05) is 12.7 Å². The maximum atomic E-state index is 12.9. The van der Waals surface area contributed by atoms with E-state index < -0.39 is 17.3 Å². The first kappa shape index (κ1) is 18.9. The molecule has 6 nitrogen and oxygen atoms in total. The van der Waals surface area contributed by atoms with Crippen LogP contribution in [0.2, 0.25) is 5.02 Å². The number of methoxy groups -OCH3 is 1. The van der Waals surface area contributed by atoms with Gasteiger partial charge in [0.1, 0.15) is 5.41 Å². The van der Waals surface area contributed by atoms with Gasteiger partial charge in [-0.3, -0.25) is 9.59 Å². The van der Waals surface area contributed by atoms with Crippen LogP contribution in [0.1, 0.15) is 23.2 Å². The zero-order valence-corrected chi connectivity index (χ0v) is 15.7. The lowest BCUT2D eigenvalue weighted by Crippen LogP contribution is -2.41. The number of hydrogen-bond acceptors (Lipinski definition) is 4. The molecule has 27 heavy (non-hydrogen) atoms. The molecular weight excluding hydrogens is 368 g/mol. The number of ether oxygens (including phenoxy) is 1. The molecule has 7 heteroatoms. The predicted molar refractivity (Wildman–Crippen MR) is 103 cm³/mol. The second-order valence-corrected chi connectivity index (χ2v) is 6.83. The molecule has 2 aromatic carbocycles. The summed E-state index contributed by atoms with van der Waals surface area (Å²) in [6.07, 6.45) is 0.923. The molecule has 0 heterocycles. The number of nitrogens with one attached hydrogen (secondary N) is 1. The number of para-hydroxylation sites is 1. The second-order valence-electron chi connectivity index (χ2n) is 6.42. The summed E-state index contributed by atoms with van der Waals surface area (Å²) in [6.45, 7) is 0. The lowest BCUT2D eigenvalue weighted by molar-refractivity contribution is -0.132. The number of anilines is 2. The molecule has 140 valence electrons. The number of rotatable bonds is 5. The molecule has 0 bridgehead atoms. The number of benzene rings is 2. The average molecular weight is 387 g/mol. The van der Waals surface area contributed by atoms with E-state index in [2.05, 4.69) is 10.1 Å². The van der Waals surface area contributed by atoms with Crippen LogP contribution in [0, 0.1) is 5.41 Å². The van der Waals surface area contributed by atoms with Gasteiger partial charge in [-0.2, -0.15) is 0 Å². The second kappa shape index (κ2) is 7.40. The van der Waals surface area contributed by atoms with Crippen LogP contribution >= 0.6 is 11.6 Å². The number of carbonyl (C=O) groups is 3. The van der Waals surface area contributed by atoms with Crippen molar-refractivity contribution in [2.75, 3.05) is 24.4 Å². The third kappa shape index (κ3) is 3.66. The fourth-order valence-corrected chi connectivity index (χ4v) is 3.03. The van der Waals surface area contributed by atoms with Crippen LogP contribution in [-0.4, -0.2) is 31.9 Å². The van der Waals surface area contributed by atoms with E-state index in [-0.39, 0.29) is 22.2 Å². The quantitative estimate of drug-likeness (QED) is 0.630. The number of carbonyl (C=O) groups excluding carboxylic acids is 3. The highest BCUT2D eigenvalue weighted by Gasteiger charge is 2.57. The smallest absolute Gasteiger partial charge is 0.337 e. The maximum Gasteiger partial charge on any atom is 0.337 e. The number of halogens is 1. The first-order chi connectivity index (χ1) is 12.9. The average Bonchev–Trinajstić information content (AvgIpc) is 3.50. The lowest BCUT2D eigenvalue weighted by Gasteiger charge is -2.23. The van der Waals surface area contributed by atoms with Gasteiger partial charge in [0.05, 0.1) is 23.4 Å². The molecular formula is C20H19ClN2O4. The van der Waals surface area contributed by atoms with E-state index in [1.165, 1.54) is 30.2 Å². The summed E-state index contributed by atoms with van der Waals surface area (Å²) in [7, 11) is 2.92. The molecule has 3 rings (SSSR count). The summed E-state index contributed by atoms with van der Waals surface area (Å²) < 4.78 is 4.68. The molecule has 1 fully saturated rings. The summed E-state index contributed by atoms with van der Waals surface area (Å²) in [5.41, 5.74) is 0.128. The molecule has 0 radical (unpaired) electrons. The summed E-state index contributed by atoms with van der Waals surface area (Å²) in [5, 5.41) is 2.97. The Morgan fingerprint density at radius 2 is 1.78 bits per heavy atom. The van der Waals surface area contributed by atoms with Crippen LogP contribution in [0.15, 0.2) is 48.5 Å². The maximum absolute atomic E-state index is 12.9. The highest BCUT2D eigenvalue weighted by Crippen LogP contribution is 2.48. The van der Waals surface area contributed by atoms with Crippen molar-refractivity contribution in [2.45, 2.75) is 12.8 Å². The Kier molecular flexibility index (Phi) is 5.19. The first-order valence-electron chi connectivity index (χ1n) is 8.41. The van der Waals surface area contributed by atoms with Gasteiger partial charge < -0.3 is 15.0 Å². The zero-order chi connectivity index (χ0) is 19.6. The molecule has 1 N–H and O–H groups in total. The Bertz CT molecular complexity index is 894. The highest BCUT2D eigenvalue weighted by molar-refractivity contribution is 6.34. The molecule has 0 spiro atoms. The Morgan fingerprint density at radius 3 is 2.37 bits per heavy atom. The van der Waals surface area contributed by atoms with Crippen molar-refractivity contribution >= 4 is 40.8 Å². The van der Waals surface area contributed by atoms with E-state index in [9.17, 15) is 14.4 Å². The SMILES string of the molecule is COC(=O)c1ccc(Cl)c(NC(=O)C2(C(=O)N(C)c3ccccc3)CC2)c1. The van der Waals surface area contributed by atoms with Crippen LogP contribution in [0.25, 0.3) is 0 Å². The number of nitrogens with zero attached hydrogens (tertiary/aromatic N) is 1. The molecule has 2 aromatic rings. The van der Waals surface area contributed by atoms with Gasteiger partial charge in [-0.25, -0.2) is 4.79 Å². The fourth-order valence-electron chi connectivity index (χ4n) is 2.86. The van der Waals surface area contributed by atoms with Gasteiger partial charge in [0.15, 0.2) is 0 Å². The molecule has 0 aliphatic heterocycles. The predicted octanol–water partition coefficient (Wildman–Crippen LogP) is 3.51. The molecule has 1 aliphatic rings. The van der Waals surface area contributed by atoms with E-state index in [1.807, 2.05) is 30.3 Å². The van der Waals surface area contributed by atoms with Crippen LogP contribution in [0.4, 0.5) is 11.4 Å². The fraction of sp³-hybridized carbons (Fsp3) is 0.250. The minimum atomic E-state index is -1.12. The van der Waals surface area contributed by atoms with E-state index >= 15 is 0 Å². The first-order valence-corrected chi connectivity index (χ1v) is 8.79. The monoisotopic (exact) mass is 386 g/mol. The van der Waals surface area contributed by atoms with Crippen LogP contribution in [0.5, 0.6) is 0 Å². The molecule has 0 unspecified atom stereocenters.